The molecule has 0 spiro atoms. The van der Waals surface area contributed by atoms with Crippen LogP contribution in [0.4, 0.5) is 22.7 Å². The van der Waals surface area contributed by atoms with Crippen molar-refractivity contribution in [1.29, 1.82) is 0 Å². The van der Waals surface area contributed by atoms with Gasteiger partial charge in [-0.25, -0.2) is 0 Å². The van der Waals surface area contributed by atoms with E-state index in [1.807, 2.05) is 0 Å². The number of hydrogen-bond donors (Lipinski definition) is 1. The molecule has 2 saturated heterocycles. The molecule has 2 heterocycles. The Balaban J connectivity index is 1.56. The first-order valence-electron chi connectivity index (χ1n) is 9.78. The number of rotatable bonds is 5. The number of nitro groups is 1. The van der Waals surface area contributed by atoms with Gasteiger partial charge >= 0.3 is 0 Å². The van der Waals surface area contributed by atoms with Crippen LogP contribution < -0.4 is 15.1 Å². The molecule has 0 radical (unpaired) electrons. The van der Waals surface area contributed by atoms with Gasteiger partial charge in [0.2, 0.25) is 5.91 Å². The predicted molar refractivity (Wildman–Crippen MR) is 111 cm³/mol. The minimum Gasteiger partial charge on any atom is -0.371 e. The number of carbonyl (C=O) groups is 2. The zero-order chi connectivity index (χ0) is 20.4. The third-order valence-corrected chi connectivity index (χ3v) is 5.39. The van der Waals surface area contributed by atoms with Crippen LogP contribution in [0.2, 0.25) is 0 Å². The Morgan fingerprint density at radius 3 is 2.34 bits per heavy atom. The molecular weight excluding hydrogens is 372 g/mol. The van der Waals surface area contributed by atoms with Crippen LogP contribution in [0, 0.1) is 10.1 Å². The molecule has 1 N–H and O–H groups in total. The lowest BCUT2D eigenvalue weighted by Gasteiger charge is -2.21. The van der Waals surface area contributed by atoms with Crippen molar-refractivity contribution < 1.29 is 14.5 Å². The van der Waals surface area contributed by atoms with Gasteiger partial charge in [-0.3, -0.25) is 19.7 Å². The van der Waals surface area contributed by atoms with Gasteiger partial charge in [0.15, 0.2) is 0 Å². The number of anilines is 3. The summed E-state index contributed by atoms with van der Waals surface area (Å²) in [6, 6.07) is 11.5. The molecule has 150 valence electrons. The monoisotopic (exact) mass is 394 g/mol. The number of benzene rings is 2. The van der Waals surface area contributed by atoms with Crippen LogP contribution in [0.1, 0.15) is 36.0 Å². The fourth-order valence-corrected chi connectivity index (χ4v) is 3.90. The second kappa shape index (κ2) is 7.90. The van der Waals surface area contributed by atoms with E-state index in [-0.39, 0.29) is 17.5 Å². The molecule has 0 bridgehead atoms. The highest BCUT2D eigenvalue weighted by Gasteiger charge is 2.24. The molecular formula is C21H22N4O4. The molecule has 0 saturated carbocycles. The Kier molecular flexibility index (Phi) is 5.16. The lowest BCUT2D eigenvalue weighted by molar-refractivity contribution is -0.384. The van der Waals surface area contributed by atoms with E-state index in [4.69, 9.17) is 0 Å². The van der Waals surface area contributed by atoms with Gasteiger partial charge in [-0.2, -0.15) is 0 Å². The Bertz CT molecular complexity index is 952. The van der Waals surface area contributed by atoms with Crippen molar-refractivity contribution in [3.8, 4) is 0 Å². The fourth-order valence-electron chi connectivity index (χ4n) is 3.90. The van der Waals surface area contributed by atoms with Gasteiger partial charge in [-0.1, -0.05) is 0 Å². The first-order chi connectivity index (χ1) is 14.0. The maximum Gasteiger partial charge on any atom is 0.270 e. The molecule has 8 heteroatoms. The van der Waals surface area contributed by atoms with Crippen molar-refractivity contribution in [3.05, 3.63) is 58.1 Å². The van der Waals surface area contributed by atoms with E-state index in [0.29, 0.717) is 29.9 Å². The molecule has 29 heavy (non-hydrogen) atoms. The molecule has 0 aromatic heterocycles. The summed E-state index contributed by atoms with van der Waals surface area (Å²) in [5.41, 5.74) is 2.27. The molecule has 0 atom stereocenters. The van der Waals surface area contributed by atoms with Crippen LogP contribution in [0.5, 0.6) is 0 Å². The summed E-state index contributed by atoms with van der Waals surface area (Å²) in [7, 11) is 0. The van der Waals surface area contributed by atoms with E-state index in [1.165, 1.54) is 12.1 Å². The van der Waals surface area contributed by atoms with Crippen molar-refractivity contribution in [2.45, 2.75) is 25.7 Å². The highest BCUT2D eigenvalue weighted by Crippen LogP contribution is 2.29. The summed E-state index contributed by atoms with van der Waals surface area (Å²) in [4.78, 5) is 39.3. The van der Waals surface area contributed by atoms with Crippen LogP contribution >= 0.6 is 0 Å². The van der Waals surface area contributed by atoms with Gasteiger partial charge in [-0.05, 0) is 49.6 Å². The fraction of sp³-hybridized carbons (Fsp3) is 0.333. The zero-order valence-corrected chi connectivity index (χ0v) is 16.0. The molecule has 2 amide bonds. The SMILES string of the molecule is O=C(Nc1ccc(N2CCCC2=O)cc1)c1cc([N+](=O)[O-])ccc1N1CCCC1. The summed E-state index contributed by atoms with van der Waals surface area (Å²) in [5, 5.41) is 14.0. The van der Waals surface area contributed by atoms with Crippen molar-refractivity contribution >= 4 is 34.6 Å². The maximum atomic E-state index is 12.9. The van der Waals surface area contributed by atoms with Crippen molar-refractivity contribution in [2.24, 2.45) is 0 Å². The van der Waals surface area contributed by atoms with Crippen LogP contribution in [0.25, 0.3) is 0 Å². The molecule has 0 unspecified atom stereocenters. The Morgan fingerprint density at radius 1 is 1.00 bits per heavy atom. The van der Waals surface area contributed by atoms with Crippen LogP contribution in [0.15, 0.2) is 42.5 Å². The largest absolute Gasteiger partial charge is 0.371 e. The summed E-state index contributed by atoms with van der Waals surface area (Å²) in [6.07, 6.45) is 3.48. The number of carbonyl (C=O) groups excluding carboxylic acids is 2. The average Bonchev–Trinajstić information content (AvgIpc) is 3.40. The first kappa shape index (κ1) is 18.9. The van der Waals surface area contributed by atoms with Gasteiger partial charge in [-0.15, -0.1) is 0 Å². The predicted octanol–water partition coefficient (Wildman–Crippen LogP) is 3.57. The quantitative estimate of drug-likeness (QED) is 0.618. The Morgan fingerprint density at radius 2 is 1.72 bits per heavy atom. The number of nitro benzene ring substituents is 1. The number of nitrogens with one attached hydrogen (secondary N) is 1. The van der Waals surface area contributed by atoms with Gasteiger partial charge in [0.1, 0.15) is 0 Å². The van der Waals surface area contributed by atoms with Gasteiger partial charge in [0.25, 0.3) is 11.6 Å². The normalized spacial score (nSPS) is 16.3. The van der Waals surface area contributed by atoms with Crippen molar-refractivity contribution in [1.82, 2.24) is 0 Å². The van der Waals surface area contributed by atoms with Crippen LogP contribution in [0.3, 0.4) is 0 Å². The molecule has 8 nitrogen and oxygen atoms in total. The average molecular weight is 394 g/mol. The molecule has 4 rings (SSSR count). The number of non-ortho nitro benzene ring substituents is 1. The van der Waals surface area contributed by atoms with Gasteiger partial charge < -0.3 is 15.1 Å². The van der Waals surface area contributed by atoms with Crippen LogP contribution in [-0.2, 0) is 4.79 Å². The number of amides is 2. The Labute approximate surface area is 168 Å². The van der Waals surface area contributed by atoms with Crippen LogP contribution in [-0.4, -0.2) is 36.4 Å². The second-order valence-electron chi connectivity index (χ2n) is 7.30. The van der Waals surface area contributed by atoms with E-state index in [0.717, 1.165) is 38.0 Å². The van der Waals surface area contributed by atoms with E-state index in [9.17, 15) is 19.7 Å². The lowest BCUT2D eigenvalue weighted by atomic mass is 10.1. The zero-order valence-electron chi connectivity index (χ0n) is 16.0. The third kappa shape index (κ3) is 3.91. The molecule has 2 aromatic rings. The minimum atomic E-state index is -0.494. The maximum absolute atomic E-state index is 12.9. The van der Waals surface area contributed by atoms with E-state index >= 15 is 0 Å². The van der Waals surface area contributed by atoms with Gasteiger partial charge in [0.05, 0.1) is 16.2 Å². The number of hydrogen-bond acceptors (Lipinski definition) is 5. The Hall–Kier alpha value is -3.42. The highest BCUT2D eigenvalue weighted by atomic mass is 16.6. The highest BCUT2D eigenvalue weighted by molar-refractivity contribution is 6.08. The van der Waals surface area contributed by atoms with Crippen molar-refractivity contribution in [3.63, 3.8) is 0 Å². The summed E-state index contributed by atoms with van der Waals surface area (Å²) in [5.74, 6) is -0.283. The first-order valence-corrected chi connectivity index (χ1v) is 9.78. The lowest BCUT2D eigenvalue weighted by Crippen LogP contribution is -2.24. The molecule has 2 fully saturated rings. The summed E-state index contributed by atoms with van der Waals surface area (Å²) in [6.45, 7) is 2.37. The van der Waals surface area contributed by atoms with Crippen molar-refractivity contribution in [2.75, 3.05) is 34.8 Å². The van der Waals surface area contributed by atoms with E-state index in [2.05, 4.69) is 10.2 Å². The molecule has 2 aromatic carbocycles. The minimum absolute atomic E-state index is 0.105. The second-order valence-corrected chi connectivity index (χ2v) is 7.30. The smallest absolute Gasteiger partial charge is 0.270 e. The number of nitrogens with zero attached hydrogens (tertiary/aromatic N) is 3. The summed E-state index contributed by atoms with van der Waals surface area (Å²) < 4.78 is 0. The van der Waals surface area contributed by atoms with E-state index in [1.54, 1.807) is 35.2 Å². The topological polar surface area (TPSA) is 95.8 Å². The van der Waals surface area contributed by atoms with E-state index < -0.39 is 4.92 Å². The van der Waals surface area contributed by atoms with Gasteiger partial charge in [0, 0.05) is 49.6 Å². The summed E-state index contributed by atoms with van der Waals surface area (Å²) >= 11 is 0. The standard InChI is InChI=1S/C21H22N4O4/c26-20-4-3-13-24(20)16-7-5-15(6-8-16)22-21(27)18-14-17(25(28)29)9-10-19(18)23-11-1-2-12-23/h5-10,14H,1-4,11-13H2,(H,22,27). The molecule has 2 aliphatic rings. The third-order valence-electron chi connectivity index (χ3n) is 5.39. The molecule has 2 aliphatic heterocycles. The molecule has 0 aliphatic carbocycles.